The lowest BCUT2D eigenvalue weighted by Gasteiger charge is -2.07. The second-order valence-corrected chi connectivity index (χ2v) is 4.58. The Morgan fingerprint density at radius 3 is 2.71 bits per heavy atom. The SMILES string of the molecule is CCOc1nc(N)nc(Oc2ccc(Br)cc2[N+](=O)[O-])n1. The quantitative estimate of drug-likeness (QED) is 0.639. The zero-order valence-corrected chi connectivity index (χ0v) is 12.4. The molecule has 0 unspecified atom stereocenters. The van der Waals surface area contributed by atoms with Gasteiger partial charge in [0.1, 0.15) is 0 Å². The summed E-state index contributed by atoms with van der Waals surface area (Å²) in [4.78, 5) is 21.8. The van der Waals surface area contributed by atoms with Gasteiger partial charge in [-0.15, -0.1) is 4.98 Å². The van der Waals surface area contributed by atoms with Crippen molar-refractivity contribution in [3.63, 3.8) is 0 Å². The molecule has 1 aromatic carbocycles. The highest BCUT2D eigenvalue weighted by molar-refractivity contribution is 9.10. The number of nitrogens with zero attached hydrogens (tertiary/aromatic N) is 4. The number of nitrogen functional groups attached to an aromatic ring is 1. The molecule has 10 heteroatoms. The molecule has 0 aliphatic heterocycles. The average Bonchev–Trinajstić information content (AvgIpc) is 2.40. The molecule has 110 valence electrons. The van der Waals surface area contributed by atoms with Crippen molar-refractivity contribution in [1.29, 1.82) is 0 Å². The van der Waals surface area contributed by atoms with E-state index in [0.717, 1.165) is 0 Å². The number of rotatable bonds is 5. The first-order chi connectivity index (χ1) is 9.99. The summed E-state index contributed by atoms with van der Waals surface area (Å²) in [7, 11) is 0. The van der Waals surface area contributed by atoms with Gasteiger partial charge in [0.2, 0.25) is 11.7 Å². The van der Waals surface area contributed by atoms with Gasteiger partial charge in [-0.05, 0) is 19.1 Å². The molecule has 0 amide bonds. The molecular weight excluding hydrogens is 346 g/mol. The standard InChI is InChI=1S/C11H10BrN5O4/c1-2-20-10-14-9(13)15-11(16-10)21-8-4-3-6(12)5-7(8)17(18)19/h3-5H,2H2,1H3,(H2,13,14,15,16). The highest BCUT2D eigenvalue weighted by atomic mass is 79.9. The van der Waals surface area contributed by atoms with E-state index in [0.29, 0.717) is 11.1 Å². The van der Waals surface area contributed by atoms with Crippen LogP contribution in [0.3, 0.4) is 0 Å². The Kier molecular flexibility index (Phi) is 4.48. The largest absolute Gasteiger partial charge is 0.464 e. The molecule has 0 saturated carbocycles. The number of hydrogen-bond acceptors (Lipinski definition) is 8. The molecule has 9 nitrogen and oxygen atoms in total. The van der Waals surface area contributed by atoms with Gasteiger partial charge in [-0.1, -0.05) is 15.9 Å². The Labute approximate surface area is 127 Å². The molecular formula is C11H10BrN5O4. The molecule has 0 saturated heterocycles. The number of aromatic nitrogens is 3. The van der Waals surface area contributed by atoms with Crippen LogP contribution in [0.1, 0.15) is 6.92 Å². The van der Waals surface area contributed by atoms with Gasteiger partial charge in [0.05, 0.1) is 11.5 Å². The topological polar surface area (TPSA) is 126 Å². The van der Waals surface area contributed by atoms with Gasteiger partial charge in [0, 0.05) is 10.5 Å². The Balaban J connectivity index is 2.36. The fourth-order valence-electron chi connectivity index (χ4n) is 1.41. The Morgan fingerprint density at radius 1 is 1.33 bits per heavy atom. The van der Waals surface area contributed by atoms with Crippen LogP contribution in [0.5, 0.6) is 17.8 Å². The zero-order chi connectivity index (χ0) is 15.4. The minimum atomic E-state index is -0.575. The van der Waals surface area contributed by atoms with Crippen LogP contribution in [0.25, 0.3) is 0 Å². The van der Waals surface area contributed by atoms with Gasteiger partial charge in [-0.3, -0.25) is 10.1 Å². The van der Waals surface area contributed by atoms with E-state index >= 15 is 0 Å². The summed E-state index contributed by atoms with van der Waals surface area (Å²) < 4.78 is 11.0. The molecule has 0 aliphatic rings. The molecule has 0 aliphatic carbocycles. The van der Waals surface area contributed by atoms with Crippen molar-refractivity contribution in [1.82, 2.24) is 15.0 Å². The van der Waals surface area contributed by atoms with Crippen LogP contribution in [0.2, 0.25) is 0 Å². The molecule has 1 heterocycles. The Bertz CT molecular complexity index is 682. The monoisotopic (exact) mass is 355 g/mol. The number of hydrogen-bond donors (Lipinski definition) is 1. The van der Waals surface area contributed by atoms with E-state index in [-0.39, 0.29) is 29.4 Å². The van der Waals surface area contributed by atoms with E-state index in [9.17, 15) is 10.1 Å². The van der Waals surface area contributed by atoms with E-state index in [1.54, 1.807) is 13.0 Å². The lowest BCUT2D eigenvalue weighted by atomic mass is 10.3. The molecule has 0 atom stereocenters. The molecule has 0 fully saturated rings. The lowest BCUT2D eigenvalue weighted by molar-refractivity contribution is -0.385. The first-order valence-electron chi connectivity index (χ1n) is 5.75. The highest BCUT2D eigenvalue weighted by Gasteiger charge is 2.18. The third-order valence-electron chi connectivity index (χ3n) is 2.20. The number of anilines is 1. The van der Waals surface area contributed by atoms with E-state index in [2.05, 4.69) is 30.9 Å². The first kappa shape index (κ1) is 14.9. The number of nitro benzene ring substituents is 1. The second kappa shape index (κ2) is 6.31. The number of ether oxygens (including phenoxy) is 2. The lowest BCUT2D eigenvalue weighted by Crippen LogP contribution is -2.05. The number of benzene rings is 1. The third kappa shape index (κ3) is 3.75. The van der Waals surface area contributed by atoms with Crippen LogP contribution >= 0.6 is 15.9 Å². The van der Waals surface area contributed by atoms with Crippen molar-refractivity contribution in [3.05, 3.63) is 32.8 Å². The summed E-state index contributed by atoms with van der Waals surface area (Å²) >= 11 is 3.15. The van der Waals surface area contributed by atoms with E-state index < -0.39 is 4.92 Å². The van der Waals surface area contributed by atoms with Gasteiger partial charge in [0.15, 0.2) is 0 Å². The molecule has 2 aromatic rings. The summed E-state index contributed by atoms with van der Waals surface area (Å²) in [6.45, 7) is 2.08. The van der Waals surface area contributed by atoms with Gasteiger partial charge in [-0.25, -0.2) is 0 Å². The van der Waals surface area contributed by atoms with Crippen LogP contribution in [0.15, 0.2) is 22.7 Å². The maximum absolute atomic E-state index is 11.0. The molecule has 0 radical (unpaired) electrons. The predicted octanol–water partition coefficient (Wildman–Crippen LogP) is 2.32. The summed E-state index contributed by atoms with van der Waals surface area (Å²) in [5, 5.41) is 11.0. The van der Waals surface area contributed by atoms with E-state index in [4.69, 9.17) is 15.2 Å². The number of nitro groups is 1. The highest BCUT2D eigenvalue weighted by Crippen LogP contribution is 2.32. The zero-order valence-electron chi connectivity index (χ0n) is 10.8. The summed E-state index contributed by atoms with van der Waals surface area (Å²) in [5.74, 6) is -0.125. The second-order valence-electron chi connectivity index (χ2n) is 3.66. The van der Waals surface area contributed by atoms with Crippen molar-refractivity contribution >= 4 is 27.6 Å². The third-order valence-corrected chi connectivity index (χ3v) is 2.70. The maximum atomic E-state index is 11.0. The van der Waals surface area contributed by atoms with Crippen LogP contribution in [0, 0.1) is 10.1 Å². The van der Waals surface area contributed by atoms with Crippen LogP contribution < -0.4 is 15.2 Å². The minimum absolute atomic E-state index is 0.0141. The van der Waals surface area contributed by atoms with Gasteiger partial charge in [0.25, 0.3) is 0 Å². The minimum Gasteiger partial charge on any atom is -0.464 e. The molecule has 1 aromatic heterocycles. The molecule has 2 N–H and O–H groups in total. The van der Waals surface area contributed by atoms with Crippen molar-refractivity contribution in [2.24, 2.45) is 0 Å². The molecule has 2 rings (SSSR count). The van der Waals surface area contributed by atoms with Gasteiger partial charge < -0.3 is 15.2 Å². The normalized spacial score (nSPS) is 10.2. The van der Waals surface area contributed by atoms with Crippen molar-refractivity contribution < 1.29 is 14.4 Å². The molecule has 0 spiro atoms. The number of halogens is 1. The maximum Gasteiger partial charge on any atom is 0.330 e. The van der Waals surface area contributed by atoms with Crippen LogP contribution in [-0.4, -0.2) is 26.5 Å². The smallest absolute Gasteiger partial charge is 0.330 e. The van der Waals surface area contributed by atoms with Crippen LogP contribution in [0.4, 0.5) is 11.6 Å². The number of nitrogens with two attached hydrogens (primary N) is 1. The first-order valence-corrected chi connectivity index (χ1v) is 6.55. The van der Waals surface area contributed by atoms with Crippen molar-refractivity contribution in [2.45, 2.75) is 6.92 Å². The van der Waals surface area contributed by atoms with Gasteiger partial charge in [-0.2, -0.15) is 9.97 Å². The van der Waals surface area contributed by atoms with Crippen molar-refractivity contribution in [3.8, 4) is 17.8 Å². The van der Waals surface area contributed by atoms with Crippen molar-refractivity contribution in [2.75, 3.05) is 12.3 Å². The van der Waals surface area contributed by atoms with Crippen LogP contribution in [-0.2, 0) is 0 Å². The predicted molar refractivity (Wildman–Crippen MR) is 76.3 cm³/mol. The summed E-state index contributed by atoms with van der Waals surface area (Å²) in [5.41, 5.74) is 5.27. The Hall–Kier alpha value is -2.49. The fourth-order valence-corrected chi connectivity index (χ4v) is 1.76. The average molecular weight is 356 g/mol. The Morgan fingerprint density at radius 2 is 2.05 bits per heavy atom. The molecule has 0 bridgehead atoms. The van der Waals surface area contributed by atoms with E-state index in [1.165, 1.54) is 12.1 Å². The molecule has 21 heavy (non-hydrogen) atoms. The van der Waals surface area contributed by atoms with E-state index in [1.807, 2.05) is 0 Å². The fraction of sp³-hybridized carbons (Fsp3) is 0.182. The summed E-state index contributed by atoms with van der Waals surface area (Å²) in [6.07, 6.45) is 0. The van der Waals surface area contributed by atoms with Gasteiger partial charge >= 0.3 is 17.7 Å². The summed E-state index contributed by atoms with van der Waals surface area (Å²) in [6, 6.07) is 4.12.